The summed E-state index contributed by atoms with van der Waals surface area (Å²) in [7, 11) is 0. The topological polar surface area (TPSA) is 51.6 Å². The molecule has 2 fully saturated rings. The van der Waals surface area contributed by atoms with Crippen molar-refractivity contribution in [1.82, 2.24) is 5.32 Å². The van der Waals surface area contributed by atoms with Crippen LogP contribution in [-0.2, 0) is 9.53 Å². The molecule has 0 aromatic heterocycles. The average molecular weight is 404 g/mol. The number of rotatable bonds is 8. The van der Waals surface area contributed by atoms with Crippen LogP contribution < -0.4 is 20.0 Å². The third-order valence-corrected chi connectivity index (χ3v) is 6.37. The lowest BCUT2D eigenvalue weighted by Crippen LogP contribution is -3.28. The van der Waals surface area contributed by atoms with Crippen molar-refractivity contribution in [1.29, 1.82) is 0 Å². The Hall–Kier alpha value is -1.73. The summed E-state index contributed by atoms with van der Waals surface area (Å²) in [6.07, 6.45) is 4.48. The van der Waals surface area contributed by atoms with Gasteiger partial charge in [-0.25, -0.2) is 0 Å². The molecular formula is C23H39N4O2+3. The lowest BCUT2D eigenvalue weighted by Gasteiger charge is -2.37. The number of hydrogen-bond donors (Lipinski definition) is 4. The highest BCUT2D eigenvalue weighted by atomic mass is 16.5. The predicted molar refractivity (Wildman–Crippen MR) is 115 cm³/mol. The van der Waals surface area contributed by atoms with E-state index in [0.29, 0.717) is 6.54 Å². The lowest BCUT2D eigenvalue weighted by atomic mass is 10.0. The summed E-state index contributed by atoms with van der Waals surface area (Å²) in [4.78, 5) is 17.0. The fourth-order valence-corrected chi connectivity index (χ4v) is 4.29. The average Bonchev–Trinajstić information content (AvgIpc) is 2.75. The summed E-state index contributed by atoms with van der Waals surface area (Å²) in [6, 6.07) is 10.5. The molecule has 0 spiro atoms. The maximum atomic E-state index is 12.5. The van der Waals surface area contributed by atoms with Gasteiger partial charge in [0, 0.05) is 0 Å². The van der Waals surface area contributed by atoms with Crippen LogP contribution in [0.15, 0.2) is 36.4 Å². The fraction of sp³-hybridized carbons (Fsp3) is 0.609. The molecule has 1 aromatic carbocycles. The van der Waals surface area contributed by atoms with Crippen LogP contribution in [0.4, 0.5) is 0 Å². The van der Waals surface area contributed by atoms with Crippen LogP contribution >= 0.6 is 0 Å². The zero-order valence-electron chi connectivity index (χ0n) is 18.1. The Labute approximate surface area is 175 Å². The number of carbonyl (C=O) groups is 1. The van der Waals surface area contributed by atoms with Gasteiger partial charge in [0.2, 0.25) is 0 Å². The molecule has 2 aliphatic rings. The second-order valence-electron chi connectivity index (χ2n) is 9.07. The van der Waals surface area contributed by atoms with Gasteiger partial charge in [-0.2, -0.15) is 0 Å². The van der Waals surface area contributed by atoms with Crippen LogP contribution in [0.25, 0.3) is 6.08 Å². The summed E-state index contributed by atoms with van der Waals surface area (Å²) in [5.41, 5.74) is 1.32. The van der Waals surface area contributed by atoms with E-state index in [2.05, 4.69) is 55.6 Å². The SMILES string of the molecule is CC(C)(CNC(=O)C[NH+]1CC[NH+](C/C=C/c2ccccc2)CC1)[NH+]1CCOCC1. The number of piperazine rings is 1. The fourth-order valence-electron chi connectivity index (χ4n) is 4.29. The first-order valence-corrected chi connectivity index (χ1v) is 11.1. The van der Waals surface area contributed by atoms with E-state index in [1.165, 1.54) is 15.4 Å². The summed E-state index contributed by atoms with van der Waals surface area (Å²) in [5, 5.41) is 3.19. The minimum atomic E-state index is 0.0582. The minimum Gasteiger partial charge on any atom is -0.370 e. The number of carbonyl (C=O) groups excluding carboxylic acids is 1. The molecule has 29 heavy (non-hydrogen) atoms. The van der Waals surface area contributed by atoms with Crippen LogP contribution in [0.3, 0.4) is 0 Å². The largest absolute Gasteiger partial charge is 0.370 e. The number of ether oxygens (including phenoxy) is 1. The van der Waals surface area contributed by atoms with Crippen molar-refractivity contribution >= 4 is 12.0 Å². The molecule has 4 N–H and O–H groups in total. The standard InChI is InChI=1S/C23H36N4O2/c1-23(2,27-15-17-29-18-16-27)20-24-22(28)19-26-13-11-25(12-14-26)10-6-9-21-7-4-3-5-8-21/h3-9H,10-20H2,1-2H3,(H,24,28)/p+3/b9-6+. The van der Waals surface area contributed by atoms with Gasteiger partial charge in [-0.15, -0.1) is 0 Å². The molecule has 0 unspecified atom stereocenters. The quantitative estimate of drug-likeness (QED) is 0.382. The van der Waals surface area contributed by atoms with Gasteiger partial charge < -0.3 is 24.8 Å². The third kappa shape index (κ3) is 7.23. The van der Waals surface area contributed by atoms with E-state index >= 15 is 0 Å². The zero-order chi connectivity index (χ0) is 20.5. The highest BCUT2D eigenvalue weighted by molar-refractivity contribution is 5.76. The van der Waals surface area contributed by atoms with Gasteiger partial charge in [0.05, 0.1) is 26.3 Å². The molecule has 0 radical (unpaired) electrons. The van der Waals surface area contributed by atoms with Crippen LogP contribution in [0.5, 0.6) is 0 Å². The highest BCUT2D eigenvalue weighted by Gasteiger charge is 2.33. The molecule has 2 heterocycles. The van der Waals surface area contributed by atoms with Gasteiger partial charge in [-0.05, 0) is 25.5 Å². The first-order chi connectivity index (χ1) is 14.0. The molecule has 3 rings (SSSR count). The smallest absolute Gasteiger partial charge is 0.275 e. The summed E-state index contributed by atoms with van der Waals surface area (Å²) < 4.78 is 5.46. The van der Waals surface area contributed by atoms with Crippen LogP contribution in [0.1, 0.15) is 19.4 Å². The molecule has 2 saturated heterocycles. The van der Waals surface area contributed by atoms with E-state index < -0.39 is 0 Å². The first-order valence-electron chi connectivity index (χ1n) is 11.1. The molecule has 6 heteroatoms. The number of amides is 1. The Balaban J connectivity index is 1.32. The second kappa shape index (κ2) is 10.9. The van der Waals surface area contributed by atoms with Gasteiger partial charge >= 0.3 is 0 Å². The molecule has 0 saturated carbocycles. The van der Waals surface area contributed by atoms with Crippen molar-refractivity contribution in [3.8, 4) is 0 Å². The van der Waals surface area contributed by atoms with Gasteiger partial charge in [0.15, 0.2) is 6.54 Å². The zero-order valence-corrected chi connectivity index (χ0v) is 18.1. The van der Waals surface area contributed by atoms with Crippen LogP contribution in [0, 0.1) is 0 Å². The number of quaternary nitrogens is 3. The number of morpholine rings is 1. The Morgan fingerprint density at radius 2 is 1.69 bits per heavy atom. The normalized spacial score (nSPS) is 23.9. The lowest BCUT2D eigenvalue weighted by molar-refractivity contribution is -1.01. The van der Waals surface area contributed by atoms with Crippen molar-refractivity contribution in [3.63, 3.8) is 0 Å². The first kappa shape index (κ1) is 22.0. The molecule has 0 atom stereocenters. The van der Waals surface area contributed by atoms with Crippen molar-refractivity contribution < 1.29 is 24.2 Å². The molecule has 6 nitrogen and oxygen atoms in total. The molecule has 1 aromatic rings. The molecule has 0 bridgehead atoms. The second-order valence-corrected chi connectivity index (χ2v) is 9.07. The van der Waals surface area contributed by atoms with E-state index in [1.54, 1.807) is 4.90 Å². The summed E-state index contributed by atoms with van der Waals surface area (Å²) in [5.74, 6) is 0.188. The monoisotopic (exact) mass is 403 g/mol. The number of nitrogens with one attached hydrogen (secondary N) is 4. The van der Waals surface area contributed by atoms with Crippen molar-refractivity contribution in [2.75, 3.05) is 72.1 Å². The van der Waals surface area contributed by atoms with Crippen LogP contribution in [0.2, 0.25) is 0 Å². The van der Waals surface area contributed by atoms with Gasteiger partial charge in [0.1, 0.15) is 44.8 Å². The Bertz CT molecular complexity index is 648. The maximum Gasteiger partial charge on any atom is 0.275 e. The summed E-state index contributed by atoms with van der Waals surface area (Å²) >= 11 is 0. The molecule has 1 amide bonds. The Kier molecular flexibility index (Phi) is 8.24. The third-order valence-electron chi connectivity index (χ3n) is 6.37. The van der Waals surface area contributed by atoms with Crippen LogP contribution in [-0.4, -0.2) is 83.6 Å². The molecule has 160 valence electrons. The number of benzene rings is 1. The van der Waals surface area contributed by atoms with Crippen molar-refractivity contribution in [3.05, 3.63) is 42.0 Å². The van der Waals surface area contributed by atoms with Gasteiger partial charge in [0.25, 0.3) is 5.91 Å². The van der Waals surface area contributed by atoms with Crippen molar-refractivity contribution in [2.24, 2.45) is 0 Å². The minimum absolute atomic E-state index is 0.0582. The van der Waals surface area contributed by atoms with E-state index in [4.69, 9.17) is 4.74 Å². The Morgan fingerprint density at radius 1 is 1.03 bits per heavy atom. The molecule has 0 aliphatic carbocycles. The van der Waals surface area contributed by atoms with E-state index in [1.807, 2.05) is 6.07 Å². The van der Waals surface area contributed by atoms with E-state index in [0.717, 1.165) is 65.6 Å². The van der Waals surface area contributed by atoms with E-state index in [9.17, 15) is 4.79 Å². The summed E-state index contributed by atoms with van der Waals surface area (Å²) in [6.45, 7) is 15.0. The molecule has 2 aliphatic heterocycles. The maximum absolute atomic E-state index is 12.5. The van der Waals surface area contributed by atoms with Gasteiger partial charge in [-0.1, -0.05) is 36.4 Å². The molecular weight excluding hydrogens is 364 g/mol. The highest BCUT2D eigenvalue weighted by Crippen LogP contribution is 1.99. The van der Waals surface area contributed by atoms with Crippen molar-refractivity contribution in [2.45, 2.75) is 19.4 Å². The van der Waals surface area contributed by atoms with Gasteiger partial charge in [-0.3, -0.25) is 4.79 Å². The number of hydrogen-bond acceptors (Lipinski definition) is 2. The Morgan fingerprint density at radius 3 is 2.38 bits per heavy atom. The van der Waals surface area contributed by atoms with E-state index in [-0.39, 0.29) is 11.4 Å². The predicted octanol–water partition coefficient (Wildman–Crippen LogP) is -2.71.